The van der Waals surface area contributed by atoms with Gasteiger partial charge in [-0.1, -0.05) is 42.6 Å². The molecule has 3 heteroatoms. The van der Waals surface area contributed by atoms with Crippen molar-refractivity contribution in [3.63, 3.8) is 0 Å². The summed E-state index contributed by atoms with van der Waals surface area (Å²) in [5, 5.41) is 0.957. The molecule has 1 amide bonds. The molecule has 1 heterocycles. The maximum atomic E-state index is 11.6. The topological polar surface area (TPSA) is 20.3 Å². The summed E-state index contributed by atoms with van der Waals surface area (Å²) < 4.78 is 0. The van der Waals surface area contributed by atoms with E-state index in [9.17, 15) is 4.79 Å². The molecule has 1 atom stereocenters. The summed E-state index contributed by atoms with van der Waals surface area (Å²) in [6.45, 7) is 6.34. The van der Waals surface area contributed by atoms with Gasteiger partial charge in [-0.15, -0.1) is 0 Å². The Morgan fingerprint density at radius 3 is 2.57 bits per heavy atom. The molecule has 0 radical (unpaired) electrons. The second-order valence-corrected chi connectivity index (χ2v) is 4.85. The summed E-state index contributed by atoms with van der Waals surface area (Å²) in [6, 6.07) is 0. The number of hydrogen-bond donors (Lipinski definition) is 0. The number of nitrogens with zero attached hydrogens (tertiary/aromatic N) is 1. The van der Waals surface area contributed by atoms with Crippen molar-refractivity contribution in [2.45, 2.75) is 33.1 Å². The minimum absolute atomic E-state index is 0.348. The molecule has 0 aromatic carbocycles. The summed E-state index contributed by atoms with van der Waals surface area (Å²) in [7, 11) is 0. The Balaban J connectivity index is 2.41. The predicted molar refractivity (Wildman–Crippen MR) is 62.6 cm³/mol. The molecule has 0 spiro atoms. The molecule has 2 nitrogen and oxygen atoms in total. The zero-order valence-corrected chi connectivity index (χ0v) is 10.7. The normalized spacial score (nSPS) is 22.4. The van der Waals surface area contributed by atoms with Gasteiger partial charge in [0.2, 0.25) is 5.91 Å². The summed E-state index contributed by atoms with van der Waals surface area (Å²) in [6.07, 6.45) is 3.10. The van der Waals surface area contributed by atoms with Crippen LogP contribution in [0.25, 0.3) is 0 Å². The van der Waals surface area contributed by atoms with Gasteiger partial charge in [0.15, 0.2) is 0 Å². The number of amides is 1. The van der Waals surface area contributed by atoms with Crippen molar-refractivity contribution < 1.29 is 4.79 Å². The first-order valence-corrected chi connectivity index (χ1v) is 6.67. The van der Waals surface area contributed by atoms with Gasteiger partial charge in [-0.2, -0.15) is 0 Å². The van der Waals surface area contributed by atoms with E-state index in [0.29, 0.717) is 17.7 Å². The summed E-state index contributed by atoms with van der Waals surface area (Å²) in [5.41, 5.74) is 0. The average molecular weight is 262 g/mol. The molecule has 14 heavy (non-hydrogen) atoms. The van der Waals surface area contributed by atoms with Crippen molar-refractivity contribution in [2.24, 2.45) is 11.8 Å². The fourth-order valence-electron chi connectivity index (χ4n) is 1.99. The number of rotatable bonds is 5. The largest absolute Gasteiger partial charge is 0.342 e. The van der Waals surface area contributed by atoms with Crippen LogP contribution in [0.4, 0.5) is 0 Å². The Labute approximate surface area is 95.2 Å². The van der Waals surface area contributed by atoms with Crippen molar-refractivity contribution in [1.29, 1.82) is 0 Å². The van der Waals surface area contributed by atoms with Crippen molar-refractivity contribution in [2.75, 3.05) is 18.4 Å². The number of carbonyl (C=O) groups is 1. The predicted octanol–water partition coefficient (Wildman–Crippen LogP) is 2.67. The molecule has 1 rings (SSSR count). The van der Waals surface area contributed by atoms with Gasteiger partial charge in [0.1, 0.15) is 0 Å². The van der Waals surface area contributed by atoms with Gasteiger partial charge in [0.05, 0.1) is 0 Å². The molecule has 1 fully saturated rings. The minimum atomic E-state index is 0.348. The van der Waals surface area contributed by atoms with Crippen LogP contribution in [0.5, 0.6) is 0 Å². The molecule has 0 N–H and O–H groups in total. The molecule has 1 saturated heterocycles. The van der Waals surface area contributed by atoms with Crippen molar-refractivity contribution in [3.05, 3.63) is 0 Å². The number of likely N-dealkylation sites (tertiary alicyclic amines) is 1. The maximum absolute atomic E-state index is 11.6. The Bertz CT molecular complexity index is 192. The van der Waals surface area contributed by atoms with Gasteiger partial charge in [0.25, 0.3) is 0 Å². The van der Waals surface area contributed by atoms with E-state index in [1.165, 1.54) is 12.8 Å². The van der Waals surface area contributed by atoms with E-state index in [0.717, 1.165) is 24.8 Å². The zero-order chi connectivity index (χ0) is 10.6. The van der Waals surface area contributed by atoms with E-state index in [4.69, 9.17) is 0 Å². The molecule has 0 aromatic rings. The van der Waals surface area contributed by atoms with E-state index in [1.807, 2.05) is 4.90 Å². The molecule has 1 unspecified atom stereocenters. The second-order valence-electron chi connectivity index (χ2n) is 4.21. The first kappa shape index (κ1) is 12.0. The molecule has 0 aromatic heterocycles. The maximum Gasteiger partial charge on any atom is 0.222 e. The number of hydrogen-bond acceptors (Lipinski definition) is 1. The van der Waals surface area contributed by atoms with Crippen molar-refractivity contribution in [1.82, 2.24) is 4.90 Å². The van der Waals surface area contributed by atoms with E-state index in [1.54, 1.807) is 0 Å². The fourth-order valence-corrected chi connectivity index (χ4v) is 2.43. The molecular formula is C11H20BrNO. The van der Waals surface area contributed by atoms with E-state index < -0.39 is 0 Å². The van der Waals surface area contributed by atoms with E-state index in [-0.39, 0.29) is 0 Å². The Kier molecular flexibility index (Phi) is 4.93. The van der Waals surface area contributed by atoms with Gasteiger partial charge in [-0.25, -0.2) is 0 Å². The van der Waals surface area contributed by atoms with Crippen molar-refractivity contribution >= 4 is 21.8 Å². The molecule has 0 bridgehead atoms. The van der Waals surface area contributed by atoms with Crippen LogP contribution in [0.3, 0.4) is 0 Å². The quantitative estimate of drug-likeness (QED) is 0.697. The van der Waals surface area contributed by atoms with E-state index >= 15 is 0 Å². The molecule has 1 aliphatic rings. The van der Waals surface area contributed by atoms with Gasteiger partial charge >= 0.3 is 0 Å². The standard InChI is InChI=1S/C11H20BrNO/c1-3-9(4-2)7-13-8-10(6-12)5-11(13)14/h9-10H,3-8H2,1-2H3. The summed E-state index contributed by atoms with van der Waals surface area (Å²) >= 11 is 3.45. The van der Waals surface area contributed by atoms with Crippen molar-refractivity contribution in [3.8, 4) is 0 Å². The lowest BCUT2D eigenvalue weighted by Gasteiger charge is -2.22. The van der Waals surface area contributed by atoms with Crippen LogP contribution in [0.1, 0.15) is 33.1 Å². The van der Waals surface area contributed by atoms with Gasteiger partial charge < -0.3 is 4.90 Å². The molecule has 82 valence electrons. The Hall–Kier alpha value is -0.0500. The van der Waals surface area contributed by atoms with Crippen LogP contribution in [0, 0.1) is 11.8 Å². The summed E-state index contributed by atoms with van der Waals surface area (Å²) in [5.74, 6) is 1.58. The third-order valence-electron chi connectivity index (χ3n) is 3.15. The highest BCUT2D eigenvalue weighted by Gasteiger charge is 2.29. The highest BCUT2D eigenvalue weighted by molar-refractivity contribution is 9.09. The zero-order valence-electron chi connectivity index (χ0n) is 9.13. The second kappa shape index (κ2) is 5.74. The monoisotopic (exact) mass is 261 g/mol. The number of carbonyl (C=O) groups excluding carboxylic acids is 1. The fraction of sp³-hybridized carbons (Fsp3) is 0.909. The number of halogens is 1. The first-order chi connectivity index (χ1) is 6.71. The third kappa shape index (κ3) is 2.97. The molecule has 1 aliphatic heterocycles. The molecular weight excluding hydrogens is 242 g/mol. The van der Waals surface area contributed by atoms with Crippen LogP contribution in [-0.4, -0.2) is 29.2 Å². The van der Waals surface area contributed by atoms with Gasteiger partial charge in [-0.05, 0) is 11.8 Å². The van der Waals surface area contributed by atoms with Gasteiger partial charge in [-0.3, -0.25) is 4.79 Å². The highest BCUT2D eigenvalue weighted by Crippen LogP contribution is 2.22. The lowest BCUT2D eigenvalue weighted by molar-refractivity contribution is -0.128. The molecule has 0 aliphatic carbocycles. The first-order valence-electron chi connectivity index (χ1n) is 5.54. The summed E-state index contributed by atoms with van der Waals surface area (Å²) in [4.78, 5) is 13.7. The van der Waals surface area contributed by atoms with Gasteiger partial charge in [0, 0.05) is 24.8 Å². The van der Waals surface area contributed by atoms with Crippen LogP contribution in [0.15, 0.2) is 0 Å². The lowest BCUT2D eigenvalue weighted by atomic mass is 10.0. The van der Waals surface area contributed by atoms with Crippen LogP contribution in [0.2, 0.25) is 0 Å². The highest BCUT2D eigenvalue weighted by atomic mass is 79.9. The Morgan fingerprint density at radius 1 is 1.50 bits per heavy atom. The van der Waals surface area contributed by atoms with Crippen LogP contribution in [-0.2, 0) is 4.79 Å². The molecule has 0 saturated carbocycles. The minimum Gasteiger partial charge on any atom is -0.342 e. The number of alkyl halides is 1. The lowest BCUT2D eigenvalue weighted by Crippen LogP contribution is -2.30. The smallest absolute Gasteiger partial charge is 0.222 e. The third-order valence-corrected chi connectivity index (χ3v) is 4.06. The Morgan fingerprint density at radius 2 is 2.14 bits per heavy atom. The van der Waals surface area contributed by atoms with E-state index in [2.05, 4.69) is 29.8 Å². The average Bonchev–Trinajstić information content (AvgIpc) is 2.56. The van der Waals surface area contributed by atoms with Crippen LogP contribution >= 0.6 is 15.9 Å². The SMILES string of the molecule is CCC(CC)CN1CC(CBr)CC1=O. The van der Waals surface area contributed by atoms with Crippen LogP contribution < -0.4 is 0 Å².